The van der Waals surface area contributed by atoms with Crippen LogP contribution in [0.3, 0.4) is 0 Å². The van der Waals surface area contributed by atoms with E-state index in [2.05, 4.69) is 5.32 Å². The predicted octanol–water partition coefficient (Wildman–Crippen LogP) is 2.47. The molecule has 3 aromatic rings. The fourth-order valence-electron chi connectivity index (χ4n) is 4.37. The first-order valence-corrected chi connectivity index (χ1v) is 14.2. The molecule has 1 aliphatic rings. The summed E-state index contributed by atoms with van der Waals surface area (Å²) in [4.78, 5) is 28.2. The molecule has 1 aliphatic heterocycles. The molecule has 1 saturated heterocycles. The molecule has 0 bridgehead atoms. The van der Waals surface area contributed by atoms with Gasteiger partial charge in [-0.05, 0) is 35.4 Å². The first kappa shape index (κ1) is 28.3. The zero-order chi connectivity index (χ0) is 27.7. The number of rotatable bonds is 11. The van der Waals surface area contributed by atoms with Gasteiger partial charge < -0.3 is 19.7 Å². The van der Waals surface area contributed by atoms with E-state index in [0.29, 0.717) is 38.5 Å². The third-order valence-electron chi connectivity index (χ3n) is 6.51. The van der Waals surface area contributed by atoms with Gasteiger partial charge >= 0.3 is 0 Å². The van der Waals surface area contributed by atoms with Crippen molar-refractivity contribution >= 4 is 21.8 Å². The van der Waals surface area contributed by atoms with Gasteiger partial charge in [-0.15, -0.1) is 0 Å². The summed E-state index contributed by atoms with van der Waals surface area (Å²) in [5.41, 5.74) is 1.81. The van der Waals surface area contributed by atoms with E-state index in [1.54, 1.807) is 7.05 Å². The molecule has 9 nitrogen and oxygen atoms in total. The lowest BCUT2D eigenvalue weighted by Gasteiger charge is -2.31. The first-order valence-electron chi connectivity index (χ1n) is 12.8. The Morgan fingerprint density at radius 1 is 0.923 bits per heavy atom. The smallest absolute Gasteiger partial charge is 0.261 e. The molecule has 1 heterocycles. The van der Waals surface area contributed by atoms with Crippen LogP contribution in [0.5, 0.6) is 5.75 Å². The second-order valence-corrected chi connectivity index (χ2v) is 11.0. The van der Waals surface area contributed by atoms with Crippen LogP contribution in [-0.2, 0) is 37.3 Å². The molecule has 1 atom stereocenters. The van der Waals surface area contributed by atoms with Crippen LogP contribution in [-0.4, -0.2) is 75.4 Å². The highest BCUT2D eigenvalue weighted by molar-refractivity contribution is 7.89. The van der Waals surface area contributed by atoms with Crippen LogP contribution >= 0.6 is 0 Å². The van der Waals surface area contributed by atoms with Crippen molar-refractivity contribution in [3.05, 3.63) is 96.1 Å². The van der Waals surface area contributed by atoms with Crippen molar-refractivity contribution in [3.63, 3.8) is 0 Å². The van der Waals surface area contributed by atoms with Gasteiger partial charge in [-0.25, -0.2) is 8.42 Å². The molecule has 39 heavy (non-hydrogen) atoms. The second kappa shape index (κ2) is 13.4. The zero-order valence-corrected chi connectivity index (χ0v) is 22.7. The van der Waals surface area contributed by atoms with Crippen LogP contribution < -0.4 is 10.1 Å². The number of likely N-dealkylation sites (N-methyl/N-ethyl adjacent to an activating group) is 1. The summed E-state index contributed by atoms with van der Waals surface area (Å²) >= 11 is 0. The number of morpholine rings is 1. The Bertz CT molecular complexity index is 1330. The maximum atomic E-state index is 13.5. The van der Waals surface area contributed by atoms with Crippen molar-refractivity contribution in [2.45, 2.75) is 23.9 Å². The second-order valence-electron chi connectivity index (χ2n) is 9.10. The fourth-order valence-corrected chi connectivity index (χ4v) is 5.78. The quantitative estimate of drug-likeness (QED) is 0.393. The Morgan fingerprint density at radius 2 is 1.51 bits per heavy atom. The van der Waals surface area contributed by atoms with Crippen LogP contribution in [0.1, 0.15) is 11.1 Å². The van der Waals surface area contributed by atoms with E-state index in [1.165, 1.54) is 33.5 Å². The van der Waals surface area contributed by atoms with Gasteiger partial charge in [-0.3, -0.25) is 9.59 Å². The van der Waals surface area contributed by atoms with Crippen molar-refractivity contribution in [1.82, 2.24) is 14.5 Å². The van der Waals surface area contributed by atoms with Gasteiger partial charge in [-0.2, -0.15) is 4.31 Å². The number of nitrogens with zero attached hydrogens (tertiary/aromatic N) is 2. The molecule has 206 valence electrons. The van der Waals surface area contributed by atoms with Gasteiger partial charge in [0.2, 0.25) is 15.9 Å². The highest BCUT2D eigenvalue weighted by Crippen LogP contribution is 2.21. The molecule has 4 rings (SSSR count). The average Bonchev–Trinajstić information content (AvgIpc) is 2.99. The summed E-state index contributed by atoms with van der Waals surface area (Å²) in [6.07, 6.45) is 0.340. The van der Waals surface area contributed by atoms with Gasteiger partial charge in [-0.1, -0.05) is 60.7 Å². The minimum Gasteiger partial charge on any atom is -0.484 e. The van der Waals surface area contributed by atoms with E-state index >= 15 is 0 Å². The van der Waals surface area contributed by atoms with Gasteiger partial charge in [0.15, 0.2) is 6.61 Å². The Labute approximate surface area is 229 Å². The molecule has 0 spiro atoms. The molecule has 0 saturated carbocycles. The third-order valence-corrected chi connectivity index (χ3v) is 8.42. The van der Waals surface area contributed by atoms with Crippen molar-refractivity contribution in [3.8, 4) is 5.75 Å². The molecule has 0 aromatic heterocycles. The van der Waals surface area contributed by atoms with Crippen LogP contribution in [0.2, 0.25) is 0 Å². The van der Waals surface area contributed by atoms with Crippen molar-refractivity contribution in [2.24, 2.45) is 0 Å². The lowest BCUT2D eigenvalue weighted by molar-refractivity contribution is -0.142. The zero-order valence-electron chi connectivity index (χ0n) is 21.9. The summed E-state index contributed by atoms with van der Waals surface area (Å²) in [6.45, 7) is 1.26. The van der Waals surface area contributed by atoms with Crippen LogP contribution in [0, 0.1) is 0 Å². The SMILES string of the molecule is CNC(=O)C(Cc1ccccc1)N(Cc1ccccc1)C(=O)COc1ccc(S(=O)(=O)N2CCOCC2)cc1. The van der Waals surface area contributed by atoms with Crippen molar-refractivity contribution < 1.29 is 27.5 Å². The molecule has 10 heteroatoms. The third kappa shape index (κ3) is 7.44. The van der Waals surface area contributed by atoms with Crippen LogP contribution in [0.15, 0.2) is 89.8 Å². The highest BCUT2D eigenvalue weighted by atomic mass is 32.2. The summed E-state index contributed by atoms with van der Waals surface area (Å²) < 4.78 is 38.2. The van der Waals surface area contributed by atoms with E-state index in [4.69, 9.17) is 9.47 Å². The average molecular weight is 552 g/mol. The summed E-state index contributed by atoms with van der Waals surface area (Å²) in [7, 11) is -2.08. The van der Waals surface area contributed by atoms with E-state index in [-0.39, 0.29) is 29.9 Å². The number of sulfonamides is 1. The number of nitrogens with one attached hydrogen (secondary N) is 1. The maximum absolute atomic E-state index is 13.5. The monoisotopic (exact) mass is 551 g/mol. The number of hydrogen-bond acceptors (Lipinski definition) is 6. The molecular weight excluding hydrogens is 518 g/mol. The number of benzene rings is 3. The fraction of sp³-hybridized carbons (Fsp3) is 0.310. The standard InChI is InChI=1S/C29H33N3O6S/c1-30-29(34)27(20-23-8-4-2-5-9-23)32(21-24-10-6-3-7-11-24)28(33)22-38-25-12-14-26(15-13-25)39(35,36)31-16-18-37-19-17-31/h2-15,27H,16-22H2,1H3,(H,30,34). The molecule has 1 fully saturated rings. The number of carbonyl (C=O) groups excluding carboxylic acids is 2. The number of carbonyl (C=O) groups is 2. The first-order chi connectivity index (χ1) is 18.9. The van der Waals surface area contributed by atoms with Crippen LogP contribution in [0.25, 0.3) is 0 Å². The lowest BCUT2D eigenvalue weighted by Crippen LogP contribution is -2.51. The van der Waals surface area contributed by atoms with E-state index in [9.17, 15) is 18.0 Å². The molecule has 0 aliphatic carbocycles. The summed E-state index contributed by atoms with van der Waals surface area (Å²) in [6, 6.07) is 24.2. The maximum Gasteiger partial charge on any atom is 0.261 e. The van der Waals surface area contributed by atoms with E-state index in [0.717, 1.165) is 11.1 Å². The van der Waals surface area contributed by atoms with E-state index < -0.39 is 16.1 Å². The molecule has 2 amide bonds. The largest absolute Gasteiger partial charge is 0.484 e. The molecule has 1 unspecified atom stereocenters. The molecule has 3 aromatic carbocycles. The van der Waals surface area contributed by atoms with Crippen LogP contribution in [0.4, 0.5) is 0 Å². The number of amides is 2. The van der Waals surface area contributed by atoms with Crippen molar-refractivity contribution in [1.29, 1.82) is 0 Å². The minimum absolute atomic E-state index is 0.149. The van der Waals surface area contributed by atoms with Gasteiger partial charge in [0.1, 0.15) is 11.8 Å². The highest BCUT2D eigenvalue weighted by Gasteiger charge is 2.30. The number of hydrogen-bond donors (Lipinski definition) is 1. The van der Waals surface area contributed by atoms with Gasteiger partial charge in [0, 0.05) is 33.1 Å². The normalized spacial score (nSPS) is 14.8. The summed E-state index contributed by atoms with van der Waals surface area (Å²) in [5, 5.41) is 2.69. The molecule has 0 radical (unpaired) electrons. The minimum atomic E-state index is -3.63. The van der Waals surface area contributed by atoms with Gasteiger partial charge in [0.05, 0.1) is 18.1 Å². The van der Waals surface area contributed by atoms with Gasteiger partial charge in [0.25, 0.3) is 5.91 Å². The topological polar surface area (TPSA) is 105 Å². The van der Waals surface area contributed by atoms with E-state index in [1.807, 2.05) is 60.7 Å². The lowest BCUT2D eigenvalue weighted by atomic mass is 10.0. The predicted molar refractivity (Wildman–Crippen MR) is 147 cm³/mol. The Hall–Kier alpha value is -3.73. The Kier molecular flexibility index (Phi) is 9.69. The Balaban J connectivity index is 1.50. The molecular formula is C29H33N3O6S. The molecule has 1 N–H and O–H groups in total. The Morgan fingerprint density at radius 3 is 2.10 bits per heavy atom. The number of ether oxygens (including phenoxy) is 2. The summed E-state index contributed by atoms with van der Waals surface area (Å²) in [5.74, 6) is -0.294. The van der Waals surface area contributed by atoms with Crippen molar-refractivity contribution in [2.75, 3.05) is 40.0 Å².